The van der Waals surface area contributed by atoms with E-state index in [0.29, 0.717) is 30.8 Å². The molecule has 5 atom stereocenters. The second-order valence-corrected chi connectivity index (χ2v) is 6.06. The molecule has 3 rings (SSSR count). The summed E-state index contributed by atoms with van der Waals surface area (Å²) >= 11 is 0. The molecule has 2 bridgehead atoms. The highest BCUT2D eigenvalue weighted by Gasteiger charge is 2.54. The molecular weight excluding hydrogens is 240 g/mol. The van der Waals surface area contributed by atoms with Gasteiger partial charge in [0.2, 0.25) is 0 Å². The van der Waals surface area contributed by atoms with E-state index >= 15 is 0 Å². The van der Waals surface area contributed by atoms with Gasteiger partial charge in [-0.3, -0.25) is 0 Å². The van der Waals surface area contributed by atoms with Crippen molar-refractivity contribution in [2.24, 2.45) is 23.7 Å². The van der Waals surface area contributed by atoms with Crippen LogP contribution in [0.1, 0.15) is 26.2 Å². The Hall–Kier alpha value is -1.09. The zero-order valence-corrected chi connectivity index (χ0v) is 11.5. The lowest BCUT2D eigenvalue weighted by Gasteiger charge is -2.22. The summed E-state index contributed by atoms with van der Waals surface area (Å²) in [6.45, 7) is 6.08. The summed E-state index contributed by atoms with van der Waals surface area (Å²) < 4.78 is 11.1. The molecule has 0 spiro atoms. The summed E-state index contributed by atoms with van der Waals surface area (Å²) in [5, 5.41) is 0. The monoisotopic (exact) mass is 262 g/mol. The van der Waals surface area contributed by atoms with Crippen molar-refractivity contribution >= 4 is 5.97 Å². The van der Waals surface area contributed by atoms with Gasteiger partial charge in [0.1, 0.15) is 6.61 Å². The number of carbonyl (C=O) groups is 1. The van der Waals surface area contributed by atoms with Crippen LogP contribution >= 0.6 is 0 Å². The van der Waals surface area contributed by atoms with Gasteiger partial charge in [0.05, 0.1) is 12.7 Å². The van der Waals surface area contributed by atoms with E-state index in [1.165, 1.54) is 19.3 Å². The fraction of sp³-hybridized carbons (Fsp3) is 0.688. The first-order valence-electron chi connectivity index (χ1n) is 7.29. The molecule has 2 fully saturated rings. The Balaban J connectivity index is 1.46. The number of allylic oxidation sites excluding steroid dienone is 2. The van der Waals surface area contributed by atoms with Crippen molar-refractivity contribution in [2.45, 2.75) is 32.3 Å². The van der Waals surface area contributed by atoms with Crippen molar-refractivity contribution in [3.05, 3.63) is 24.3 Å². The minimum atomic E-state index is -0.321. The van der Waals surface area contributed by atoms with Gasteiger partial charge in [0, 0.05) is 5.57 Å². The Morgan fingerprint density at radius 3 is 2.79 bits per heavy atom. The summed E-state index contributed by atoms with van der Waals surface area (Å²) in [6, 6.07) is 0. The normalized spacial score (nSPS) is 38.5. The quantitative estimate of drug-likeness (QED) is 0.331. The van der Waals surface area contributed by atoms with E-state index in [9.17, 15) is 4.79 Å². The topological polar surface area (TPSA) is 35.5 Å². The van der Waals surface area contributed by atoms with E-state index < -0.39 is 0 Å². The second kappa shape index (κ2) is 5.12. The molecule has 104 valence electrons. The van der Waals surface area contributed by atoms with Crippen molar-refractivity contribution in [1.29, 1.82) is 0 Å². The third-order valence-corrected chi connectivity index (χ3v) is 4.96. The smallest absolute Gasteiger partial charge is 0.333 e. The third kappa shape index (κ3) is 2.25. The Morgan fingerprint density at radius 1 is 1.26 bits per heavy atom. The zero-order chi connectivity index (χ0) is 13.4. The average molecular weight is 262 g/mol. The van der Waals surface area contributed by atoms with Crippen molar-refractivity contribution < 1.29 is 14.3 Å². The van der Waals surface area contributed by atoms with E-state index in [2.05, 4.69) is 18.7 Å². The molecule has 3 nitrogen and oxygen atoms in total. The van der Waals surface area contributed by atoms with Gasteiger partial charge in [-0.05, 0) is 49.9 Å². The molecule has 19 heavy (non-hydrogen) atoms. The summed E-state index contributed by atoms with van der Waals surface area (Å²) in [7, 11) is 0. The highest BCUT2D eigenvalue weighted by atomic mass is 16.6. The molecule has 3 heteroatoms. The number of esters is 1. The maximum atomic E-state index is 11.3. The SMILES string of the molecule is C=C(C)C(=O)OCCOC1C2CCC1[C@@H]1C=CCC21. The molecule has 0 amide bonds. The van der Waals surface area contributed by atoms with Crippen molar-refractivity contribution in [3.63, 3.8) is 0 Å². The molecule has 2 saturated carbocycles. The molecule has 0 aromatic rings. The van der Waals surface area contributed by atoms with Crippen LogP contribution in [0, 0.1) is 23.7 Å². The Bertz CT molecular complexity index is 412. The standard InChI is InChI=1S/C16H22O3/c1-10(2)16(17)19-9-8-18-15-13-6-7-14(15)12-5-3-4-11(12)13/h3-4,11-15H,1,5-9H2,2H3/t11-,12?,13?,14?,15?/m1/s1. The van der Waals surface area contributed by atoms with E-state index in [-0.39, 0.29) is 5.97 Å². The molecular formula is C16H22O3. The second-order valence-electron chi connectivity index (χ2n) is 6.06. The van der Waals surface area contributed by atoms with Gasteiger partial charge in [0.15, 0.2) is 0 Å². The highest BCUT2D eigenvalue weighted by Crippen LogP contribution is 2.57. The van der Waals surface area contributed by atoms with Crippen molar-refractivity contribution in [3.8, 4) is 0 Å². The number of hydrogen-bond donors (Lipinski definition) is 0. The fourth-order valence-corrected chi connectivity index (χ4v) is 4.20. The minimum absolute atomic E-state index is 0.321. The van der Waals surface area contributed by atoms with Crippen LogP contribution in [-0.4, -0.2) is 25.3 Å². The fourth-order valence-electron chi connectivity index (χ4n) is 4.20. The number of fused-ring (bicyclic) bond motifs is 5. The first-order valence-corrected chi connectivity index (χ1v) is 7.29. The predicted molar refractivity (Wildman–Crippen MR) is 72.5 cm³/mol. The molecule has 0 N–H and O–H groups in total. The van der Waals surface area contributed by atoms with Gasteiger partial charge in [0.25, 0.3) is 0 Å². The van der Waals surface area contributed by atoms with Crippen molar-refractivity contribution in [2.75, 3.05) is 13.2 Å². The molecule has 0 saturated heterocycles. The highest BCUT2D eigenvalue weighted by molar-refractivity contribution is 5.86. The summed E-state index contributed by atoms with van der Waals surface area (Å²) in [6.07, 6.45) is 8.97. The first kappa shape index (κ1) is 12.9. The summed E-state index contributed by atoms with van der Waals surface area (Å²) in [5.41, 5.74) is 0.445. The molecule has 0 aromatic heterocycles. The Labute approximate surface area is 114 Å². The molecule has 0 aliphatic heterocycles. The molecule has 0 radical (unpaired) electrons. The maximum Gasteiger partial charge on any atom is 0.333 e. The van der Waals surface area contributed by atoms with Crippen LogP contribution in [0.3, 0.4) is 0 Å². The van der Waals surface area contributed by atoms with Crippen molar-refractivity contribution in [1.82, 2.24) is 0 Å². The number of rotatable bonds is 5. The summed E-state index contributed by atoms with van der Waals surface area (Å²) in [4.78, 5) is 11.3. The maximum absolute atomic E-state index is 11.3. The zero-order valence-electron chi connectivity index (χ0n) is 11.5. The van der Waals surface area contributed by atoms with Gasteiger partial charge >= 0.3 is 5.97 Å². The van der Waals surface area contributed by atoms with Gasteiger partial charge in [-0.1, -0.05) is 18.7 Å². The van der Waals surface area contributed by atoms with Gasteiger partial charge in [-0.25, -0.2) is 4.79 Å². The van der Waals surface area contributed by atoms with Crippen LogP contribution in [0.4, 0.5) is 0 Å². The third-order valence-electron chi connectivity index (χ3n) is 4.96. The van der Waals surface area contributed by atoms with E-state index in [1.807, 2.05) is 0 Å². The molecule has 0 heterocycles. The lowest BCUT2D eigenvalue weighted by Crippen LogP contribution is -2.23. The lowest BCUT2D eigenvalue weighted by atomic mass is 9.82. The predicted octanol–water partition coefficient (Wildman–Crippen LogP) is 2.72. The Kier molecular flexibility index (Phi) is 3.48. The van der Waals surface area contributed by atoms with Gasteiger partial charge < -0.3 is 9.47 Å². The average Bonchev–Trinajstić information content (AvgIpc) is 3.05. The minimum Gasteiger partial charge on any atom is -0.460 e. The van der Waals surface area contributed by atoms with E-state index in [0.717, 1.165) is 17.8 Å². The van der Waals surface area contributed by atoms with Crippen LogP contribution in [-0.2, 0) is 14.3 Å². The summed E-state index contributed by atoms with van der Waals surface area (Å²) in [5.74, 6) is 2.67. The number of ether oxygens (including phenoxy) is 2. The van der Waals surface area contributed by atoms with Crippen LogP contribution in [0.5, 0.6) is 0 Å². The molecule has 3 aliphatic rings. The van der Waals surface area contributed by atoms with Crippen LogP contribution < -0.4 is 0 Å². The largest absolute Gasteiger partial charge is 0.460 e. The van der Waals surface area contributed by atoms with Crippen LogP contribution in [0.15, 0.2) is 24.3 Å². The first-order chi connectivity index (χ1) is 9.18. The molecule has 3 aliphatic carbocycles. The van der Waals surface area contributed by atoms with E-state index in [1.54, 1.807) is 6.92 Å². The molecule has 0 aromatic carbocycles. The molecule has 4 unspecified atom stereocenters. The van der Waals surface area contributed by atoms with Crippen LogP contribution in [0.25, 0.3) is 0 Å². The Morgan fingerprint density at radius 2 is 2.05 bits per heavy atom. The number of hydrogen-bond acceptors (Lipinski definition) is 3. The van der Waals surface area contributed by atoms with E-state index in [4.69, 9.17) is 9.47 Å². The lowest BCUT2D eigenvalue weighted by molar-refractivity contribution is -0.141. The number of carbonyl (C=O) groups excluding carboxylic acids is 1. The van der Waals surface area contributed by atoms with Crippen LogP contribution in [0.2, 0.25) is 0 Å². The van der Waals surface area contributed by atoms with Gasteiger partial charge in [-0.15, -0.1) is 0 Å². The van der Waals surface area contributed by atoms with Gasteiger partial charge in [-0.2, -0.15) is 0 Å².